The minimum atomic E-state index is -0.713. The standard InChI is InChI=1S/C21H22ClN3O2/c1-13(2)24-21(27)19(25-20(26)16-8-3-5-9-17(16)22)11-14-12-23-18-10-6-4-7-15(14)18/h3-10,12-13,19,23H,11H2,1-2H3,(H,24,27)(H,25,26). The molecule has 140 valence electrons. The third kappa shape index (κ3) is 4.49. The molecule has 0 aliphatic carbocycles. The lowest BCUT2D eigenvalue weighted by atomic mass is 10.0. The Balaban J connectivity index is 1.86. The summed E-state index contributed by atoms with van der Waals surface area (Å²) in [5.74, 6) is -0.597. The van der Waals surface area contributed by atoms with Crippen LogP contribution in [0.3, 0.4) is 0 Å². The molecule has 1 heterocycles. The van der Waals surface area contributed by atoms with E-state index in [9.17, 15) is 9.59 Å². The number of H-pyrrole nitrogens is 1. The Bertz CT molecular complexity index is 965. The first kappa shape index (κ1) is 19.0. The highest BCUT2D eigenvalue weighted by molar-refractivity contribution is 6.33. The summed E-state index contributed by atoms with van der Waals surface area (Å²) in [4.78, 5) is 28.6. The van der Waals surface area contributed by atoms with E-state index in [0.29, 0.717) is 17.0 Å². The minimum Gasteiger partial charge on any atom is -0.361 e. The number of hydrogen-bond donors (Lipinski definition) is 3. The summed E-state index contributed by atoms with van der Waals surface area (Å²) in [5.41, 5.74) is 2.31. The first-order valence-corrected chi connectivity index (χ1v) is 9.24. The molecule has 1 atom stereocenters. The SMILES string of the molecule is CC(C)NC(=O)C(Cc1c[nH]c2ccccc12)NC(=O)c1ccccc1Cl. The predicted octanol–water partition coefficient (Wildman–Crippen LogP) is 3.69. The molecule has 2 aromatic carbocycles. The van der Waals surface area contributed by atoms with Crippen LogP contribution in [0.25, 0.3) is 10.9 Å². The third-order valence-electron chi connectivity index (χ3n) is 4.27. The van der Waals surface area contributed by atoms with Crippen LogP contribution in [-0.4, -0.2) is 28.9 Å². The van der Waals surface area contributed by atoms with Crippen molar-refractivity contribution in [3.05, 3.63) is 70.9 Å². The van der Waals surface area contributed by atoms with Gasteiger partial charge in [-0.1, -0.05) is 41.9 Å². The molecule has 5 nitrogen and oxygen atoms in total. The highest BCUT2D eigenvalue weighted by atomic mass is 35.5. The highest BCUT2D eigenvalue weighted by Gasteiger charge is 2.24. The molecule has 0 saturated heterocycles. The Hall–Kier alpha value is -2.79. The van der Waals surface area contributed by atoms with Crippen molar-refractivity contribution in [2.45, 2.75) is 32.4 Å². The van der Waals surface area contributed by atoms with Crippen molar-refractivity contribution in [2.75, 3.05) is 0 Å². The van der Waals surface area contributed by atoms with E-state index in [4.69, 9.17) is 11.6 Å². The first-order valence-electron chi connectivity index (χ1n) is 8.86. The maximum absolute atomic E-state index is 12.7. The van der Waals surface area contributed by atoms with Gasteiger partial charge in [-0.2, -0.15) is 0 Å². The number of aromatic nitrogens is 1. The van der Waals surface area contributed by atoms with E-state index in [1.807, 2.05) is 44.3 Å². The molecule has 6 heteroatoms. The summed E-state index contributed by atoms with van der Waals surface area (Å²) < 4.78 is 0. The fourth-order valence-electron chi connectivity index (χ4n) is 3.00. The lowest BCUT2D eigenvalue weighted by Crippen LogP contribution is -2.49. The van der Waals surface area contributed by atoms with Crippen LogP contribution in [0.15, 0.2) is 54.7 Å². The Kier molecular flexibility index (Phi) is 5.81. The van der Waals surface area contributed by atoms with E-state index in [1.54, 1.807) is 24.3 Å². The quantitative estimate of drug-likeness (QED) is 0.607. The van der Waals surface area contributed by atoms with Crippen LogP contribution < -0.4 is 10.6 Å². The Labute approximate surface area is 163 Å². The van der Waals surface area contributed by atoms with Gasteiger partial charge in [-0.3, -0.25) is 9.59 Å². The number of aromatic amines is 1. The number of carbonyl (C=O) groups excluding carboxylic acids is 2. The summed E-state index contributed by atoms with van der Waals surface area (Å²) in [6, 6.07) is 13.9. The van der Waals surface area contributed by atoms with Gasteiger partial charge in [-0.05, 0) is 37.6 Å². The molecular formula is C21H22ClN3O2. The molecule has 0 saturated carbocycles. The monoisotopic (exact) mass is 383 g/mol. The van der Waals surface area contributed by atoms with Gasteiger partial charge >= 0.3 is 0 Å². The maximum Gasteiger partial charge on any atom is 0.253 e. The molecule has 2 amide bonds. The van der Waals surface area contributed by atoms with Crippen molar-refractivity contribution < 1.29 is 9.59 Å². The normalized spacial score (nSPS) is 12.1. The average Bonchev–Trinajstić information content (AvgIpc) is 3.04. The maximum atomic E-state index is 12.7. The second-order valence-electron chi connectivity index (χ2n) is 6.73. The van der Waals surface area contributed by atoms with Crippen molar-refractivity contribution in [3.8, 4) is 0 Å². The summed E-state index contributed by atoms with van der Waals surface area (Å²) in [7, 11) is 0. The van der Waals surface area contributed by atoms with Crippen LogP contribution >= 0.6 is 11.6 Å². The number of rotatable bonds is 6. The lowest BCUT2D eigenvalue weighted by molar-refractivity contribution is -0.123. The number of fused-ring (bicyclic) bond motifs is 1. The van der Waals surface area contributed by atoms with E-state index in [0.717, 1.165) is 16.5 Å². The van der Waals surface area contributed by atoms with Crippen molar-refractivity contribution in [1.29, 1.82) is 0 Å². The van der Waals surface area contributed by atoms with E-state index in [1.165, 1.54) is 0 Å². The van der Waals surface area contributed by atoms with Gasteiger partial charge in [-0.25, -0.2) is 0 Å². The number of benzene rings is 2. The van der Waals surface area contributed by atoms with Crippen LogP contribution in [0.2, 0.25) is 5.02 Å². The van der Waals surface area contributed by atoms with Gasteiger partial charge < -0.3 is 15.6 Å². The van der Waals surface area contributed by atoms with Crippen molar-refractivity contribution >= 4 is 34.3 Å². The first-order chi connectivity index (χ1) is 13.0. The molecule has 3 aromatic rings. The zero-order chi connectivity index (χ0) is 19.4. The number of nitrogens with one attached hydrogen (secondary N) is 3. The van der Waals surface area contributed by atoms with Gasteiger partial charge in [0.15, 0.2) is 0 Å². The summed E-state index contributed by atoms with van der Waals surface area (Å²) >= 11 is 6.12. The fraction of sp³-hybridized carbons (Fsp3) is 0.238. The van der Waals surface area contributed by atoms with Crippen LogP contribution in [0.1, 0.15) is 29.8 Å². The number of hydrogen-bond acceptors (Lipinski definition) is 2. The molecule has 3 rings (SSSR count). The Morgan fingerprint density at radius 1 is 1.04 bits per heavy atom. The number of carbonyl (C=O) groups is 2. The molecule has 0 bridgehead atoms. The second kappa shape index (κ2) is 8.27. The Morgan fingerprint density at radius 2 is 1.74 bits per heavy atom. The van der Waals surface area contributed by atoms with Gasteiger partial charge in [0, 0.05) is 29.6 Å². The molecule has 0 aliphatic rings. The summed E-state index contributed by atoms with van der Waals surface area (Å²) in [5, 5.41) is 7.10. The van der Waals surface area contributed by atoms with E-state index in [-0.39, 0.29) is 17.9 Å². The van der Waals surface area contributed by atoms with Gasteiger partial charge in [0.25, 0.3) is 5.91 Å². The average molecular weight is 384 g/mol. The number of amides is 2. The zero-order valence-corrected chi connectivity index (χ0v) is 16.0. The van der Waals surface area contributed by atoms with Crippen molar-refractivity contribution in [1.82, 2.24) is 15.6 Å². The third-order valence-corrected chi connectivity index (χ3v) is 4.60. The van der Waals surface area contributed by atoms with E-state index in [2.05, 4.69) is 15.6 Å². The highest BCUT2D eigenvalue weighted by Crippen LogP contribution is 2.20. The van der Waals surface area contributed by atoms with Crippen molar-refractivity contribution in [2.24, 2.45) is 0 Å². The molecule has 27 heavy (non-hydrogen) atoms. The lowest BCUT2D eigenvalue weighted by Gasteiger charge is -2.20. The minimum absolute atomic E-state index is 0.0276. The van der Waals surface area contributed by atoms with Gasteiger partial charge in [0.2, 0.25) is 5.91 Å². The van der Waals surface area contributed by atoms with Crippen LogP contribution in [0.5, 0.6) is 0 Å². The predicted molar refractivity (Wildman–Crippen MR) is 108 cm³/mol. The second-order valence-corrected chi connectivity index (χ2v) is 7.14. The molecule has 3 N–H and O–H groups in total. The smallest absolute Gasteiger partial charge is 0.253 e. The topological polar surface area (TPSA) is 74.0 Å². The molecule has 0 aliphatic heterocycles. The van der Waals surface area contributed by atoms with Crippen LogP contribution in [0, 0.1) is 0 Å². The van der Waals surface area contributed by atoms with Gasteiger partial charge in [0.1, 0.15) is 6.04 Å². The molecule has 0 radical (unpaired) electrons. The van der Waals surface area contributed by atoms with Gasteiger partial charge in [-0.15, -0.1) is 0 Å². The van der Waals surface area contributed by atoms with Gasteiger partial charge in [0.05, 0.1) is 10.6 Å². The molecule has 0 fully saturated rings. The summed E-state index contributed by atoms with van der Waals surface area (Å²) in [6.07, 6.45) is 2.25. The van der Waals surface area contributed by atoms with Crippen LogP contribution in [0.4, 0.5) is 0 Å². The molecule has 1 aromatic heterocycles. The Morgan fingerprint density at radius 3 is 2.48 bits per heavy atom. The molecular weight excluding hydrogens is 362 g/mol. The summed E-state index contributed by atoms with van der Waals surface area (Å²) in [6.45, 7) is 3.77. The van der Waals surface area contributed by atoms with E-state index < -0.39 is 6.04 Å². The molecule has 1 unspecified atom stereocenters. The molecule has 0 spiro atoms. The van der Waals surface area contributed by atoms with Crippen LogP contribution in [-0.2, 0) is 11.2 Å². The van der Waals surface area contributed by atoms with E-state index >= 15 is 0 Å². The largest absolute Gasteiger partial charge is 0.361 e. The zero-order valence-electron chi connectivity index (χ0n) is 15.3. The number of halogens is 1. The number of para-hydroxylation sites is 1. The van der Waals surface area contributed by atoms with Crippen molar-refractivity contribution in [3.63, 3.8) is 0 Å². The fourth-order valence-corrected chi connectivity index (χ4v) is 3.22.